The van der Waals surface area contributed by atoms with Crippen LogP contribution in [0.5, 0.6) is 0 Å². The molecule has 2 nitrogen and oxygen atoms in total. The summed E-state index contributed by atoms with van der Waals surface area (Å²) in [4.78, 5) is 0. The van der Waals surface area contributed by atoms with Gasteiger partial charge in [-0.3, -0.25) is 0 Å². The Labute approximate surface area is 78.2 Å². The number of rotatable bonds is 4. The molecular formula is C9H20BN2+. The van der Waals surface area contributed by atoms with Crippen LogP contribution in [0.3, 0.4) is 0 Å². The van der Waals surface area contributed by atoms with Gasteiger partial charge in [-0.15, -0.1) is 0 Å². The van der Waals surface area contributed by atoms with Crippen molar-refractivity contribution >= 4 is 7.85 Å². The molecule has 0 fully saturated rings. The van der Waals surface area contributed by atoms with Crippen molar-refractivity contribution in [2.24, 2.45) is 0 Å². The third-order valence-corrected chi connectivity index (χ3v) is 2.68. The maximum absolute atomic E-state index is 7.10. The molecule has 68 valence electrons. The van der Waals surface area contributed by atoms with Crippen molar-refractivity contribution in [1.29, 1.82) is 5.26 Å². The fourth-order valence-corrected chi connectivity index (χ4v) is 1.34. The number of nitrogens with zero attached hydrogens (tertiary/aromatic N) is 2. The average molecular weight is 167 g/mol. The van der Waals surface area contributed by atoms with Crippen molar-refractivity contribution in [2.45, 2.75) is 27.7 Å². The Morgan fingerprint density at radius 2 is 1.17 bits per heavy atom. The van der Waals surface area contributed by atoms with Crippen molar-refractivity contribution in [3.63, 3.8) is 0 Å². The summed E-state index contributed by atoms with van der Waals surface area (Å²) in [6.07, 6.45) is 0. The van der Waals surface area contributed by atoms with Gasteiger partial charge in [-0.25, -0.2) is 5.26 Å². The van der Waals surface area contributed by atoms with Crippen LogP contribution in [-0.2, 0) is 0 Å². The number of hydrogen-bond acceptors (Lipinski definition) is 1. The van der Waals surface area contributed by atoms with Gasteiger partial charge in [0.25, 0.3) is 0 Å². The molecule has 0 aliphatic rings. The van der Waals surface area contributed by atoms with Crippen LogP contribution in [0, 0.1) is 11.2 Å². The van der Waals surface area contributed by atoms with Gasteiger partial charge >= 0.3 is 0 Å². The van der Waals surface area contributed by atoms with Crippen LogP contribution in [0.25, 0.3) is 0 Å². The van der Waals surface area contributed by atoms with Crippen LogP contribution in [0.4, 0.5) is 0 Å². The summed E-state index contributed by atoms with van der Waals surface area (Å²) in [6, 6.07) is 0. The Hall–Kier alpha value is -0.485. The van der Waals surface area contributed by atoms with E-state index in [1.54, 1.807) is 0 Å². The molecule has 2 radical (unpaired) electrons. The van der Waals surface area contributed by atoms with Gasteiger partial charge in [0, 0.05) is 0 Å². The summed E-state index contributed by atoms with van der Waals surface area (Å²) in [6.45, 7) is 14.2. The van der Waals surface area contributed by atoms with Gasteiger partial charge in [-0.2, -0.15) is 0 Å². The molecule has 12 heavy (non-hydrogen) atoms. The van der Waals surface area contributed by atoms with E-state index < -0.39 is 0 Å². The molecule has 0 amide bonds. The van der Waals surface area contributed by atoms with Crippen LogP contribution in [0.2, 0.25) is 0 Å². The monoisotopic (exact) mass is 167 g/mol. The van der Waals surface area contributed by atoms with E-state index in [0.29, 0.717) is 0 Å². The van der Waals surface area contributed by atoms with Crippen molar-refractivity contribution in [3.05, 3.63) is 0 Å². The highest BCUT2D eigenvalue weighted by Crippen LogP contribution is 2.03. The molecule has 0 aliphatic carbocycles. The highest BCUT2D eigenvalue weighted by atomic mass is 15.3. The van der Waals surface area contributed by atoms with Gasteiger partial charge in [0.05, 0.1) is 26.2 Å². The van der Waals surface area contributed by atoms with Crippen molar-refractivity contribution in [3.8, 4) is 5.97 Å². The first kappa shape index (κ1) is 14.1. The highest BCUT2D eigenvalue weighted by Gasteiger charge is 2.16. The quantitative estimate of drug-likeness (QED) is 0.460. The molecular weight excluding hydrogens is 147 g/mol. The lowest BCUT2D eigenvalue weighted by Gasteiger charge is -2.34. The second-order valence-electron chi connectivity index (χ2n) is 2.74. The number of quaternary nitrogens is 1. The van der Waals surface area contributed by atoms with Crippen molar-refractivity contribution in [2.75, 3.05) is 26.2 Å². The minimum atomic E-state index is 1.25. The van der Waals surface area contributed by atoms with E-state index in [1.807, 2.05) is 0 Å². The summed E-state index contributed by atoms with van der Waals surface area (Å²) in [5.74, 6) is 1.25. The molecule has 0 unspecified atom stereocenters. The standard InChI is InChI=1S/C8H20N.CBN/c1-5-9(6-2,7-3)8-4;2-1-3/h5-8H2,1-4H3;/q+1;. The van der Waals surface area contributed by atoms with E-state index in [0.717, 1.165) is 0 Å². The fraction of sp³-hybridized carbons (Fsp3) is 0.889. The van der Waals surface area contributed by atoms with Crippen LogP contribution in [0.15, 0.2) is 0 Å². The Morgan fingerprint density at radius 3 is 1.17 bits per heavy atom. The first-order valence-corrected chi connectivity index (χ1v) is 4.61. The summed E-state index contributed by atoms with van der Waals surface area (Å²) in [5, 5.41) is 7.10. The lowest BCUT2D eigenvalue weighted by molar-refractivity contribution is -0.921. The zero-order valence-electron chi connectivity index (χ0n) is 8.80. The van der Waals surface area contributed by atoms with E-state index in [4.69, 9.17) is 5.26 Å². The third kappa shape index (κ3) is 5.20. The van der Waals surface area contributed by atoms with Crippen LogP contribution in [0.1, 0.15) is 27.7 Å². The lowest BCUT2D eigenvalue weighted by Crippen LogP contribution is -2.47. The molecule has 0 bridgehead atoms. The molecule has 0 atom stereocenters. The van der Waals surface area contributed by atoms with Crippen LogP contribution < -0.4 is 0 Å². The van der Waals surface area contributed by atoms with Gasteiger partial charge in [-0.05, 0) is 33.7 Å². The van der Waals surface area contributed by atoms with Gasteiger partial charge in [0.15, 0.2) is 0 Å². The zero-order chi connectivity index (χ0) is 10.0. The largest absolute Gasteiger partial charge is 0.325 e. The van der Waals surface area contributed by atoms with Gasteiger partial charge in [-0.1, -0.05) is 0 Å². The molecule has 0 saturated heterocycles. The number of hydrogen-bond donors (Lipinski definition) is 0. The number of nitriles is 1. The zero-order valence-corrected chi connectivity index (χ0v) is 8.80. The fourth-order valence-electron chi connectivity index (χ4n) is 1.34. The second-order valence-corrected chi connectivity index (χ2v) is 2.74. The molecule has 0 rings (SSSR count). The summed E-state index contributed by atoms with van der Waals surface area (Å²) >= 11 is 0. The molecule has 0 aromatic carbocycles. The predicted octanol–water partition coefficient (Wildman–Crippen LogP) is 1.52. The molecule has 0 spiro atoms. The first-order chi connectivity index (χ1) is 5.66. The topological polar surface area (TPSA) is 23.8 Å². The Balaban J connectivity index is 0. The maximum Gasteiger partial charge on any atom is 0.229 e. The third-order valence-electron chi connectivity index (χ3n) is 2.68. The SMILES string of the molecule is CC[N+](CC)(CC)CC.[B]C#N. The first-order valence-electron chi connectivity index (χ1n) is 4.61. The lowest BCUT2D eigenvalue weighted by atomic mass is 10.2. The molecule has 0 N–H and O–H groups in total. The molecule has 0 aliphatic heterocycles. The maximum atomic E-state index is 7.10. The van der Waals surface area contributed by atoms with Gasteiger partial charge in [0.1, 0.15) is 0 Å². The summed E-state index contributed by atoms with van der Waals surface area (Å²) in [5.41, 5.74) is 0. The van der Waals surface area contributed by atoms with E-state index in [1.165, 1.54) is 36.6 Å². The normalized spacial score (nSPS) is 9.58. The molecule has 0 aromatic heterocycles. The molecule has 0 aromatic rings. The molecule has 0 heterocycles. The van der Waals surface area contributed by atoms with Crippen LogP contribution >= 0.6 is 0 Å². The smallest absolute Gasteiger partial charge is 0.229 e. The van der Waals surface area contributed by atoms with Gasteiger partial charge < -0.3 is 4.48 Å². The van der Waals surface area contributed by atoms with Gasteiger partial charge in [0.2, 0.25) is 7.85 Å². The van der Waals surface area contributed by atoms with E-state index in [2.05, 4.69) is 35.5 Å². The van der Waals surface area contributed by atoms with E-state index >= 15 is 0 Å². The highest BCUT2D eigenvalue weighted by molar-refractivity contribution is 6.20. The molecule has 3 heteroatoms. The van der Waals surface area contributed by atoms with Crippen molar-refractivity contribution < 1.29 is 4.48 Å². The van der Waals surface area contributed by atoms with E-state index in [-0.39, 0.29) is 0 Å². The Morgan fingerprint density at radius 1 is 1.00 bits per heavy atom. The summed E-state index contributed by atoms with van der Waals surface area (Å²) in [7, 11) is 4.15. The summed E-state index contributed by atoms with van der Waals surface area (Å²) < 4.78 is 1.28. The minimum absolute atomic E-state index is 1.25. The molecule has 0 saturated carbocycles. The minimum Gasteiger partial charge on any atom is -0.325 e. The Bertz CT molecular complexity index is 107. The van der Waals surface area contributed by atoms with Crippen molar-refractivity contribution in [1.82, 2.24) is 0 Å². The Kier molecular flexibility index (Phi) is 10.1. The average Bonchev–Trinajstić information content (AvgIpc) is 2.11. The second kappa shape index (κ2) is 8.61. The predicted molar refractivity (Wildman–Crippen MR) is 53.8 cm³/mol. The van der Waals surface area contributed by atoms with E-state index in [9.17, 15) is 0 Å². The van der Waals surface area contributed by atoms with Crippen LogP contribution in [-0.4, -0.2) is 38.5 Å².